The first-order valence-corrected chi connectivity index (χ1v) is 22.4. The van der Waals surface area contributed by atoms with Crippen LogP contribution in [0.2, 0.25) is 0 Å². The number of rotatable bonds is 7. The molecule has 0 bridgehead atoms. The summed E-state index contributed by atoms with van der Waals surface area (Å²) in [6.07, 6.45) is 0. The van der Waals surface area contributed by atoms with E-state index >= 15 is 0 Å². The number of hydrogen-bond donors (Lipinski definition) is 0. The van der Waals surface area contributed by atoms with Gasteiger partial charge in [-0.15, -0.1) is 22.7 Å². The Morgan fingerprint density at radius 3 is 1.62 bits per heavy atom. The number of hydrogen-bond acceptors (Lipinski definition) is 3. The topological polar surface area (TPSA) is 3.24 Å². The van der Waals surface area contributed by atoms with Gasteiger partial charge >= 0.3 is 0 Å². The van der Waals surface area contributed by atoms with Crippen molar-refractivity contribution in [3.63, 3.8) is 0 Å². The average Bonchev–Trinajstić information content (AvgIpc) is 3.90. The number of anilines is 3. The fourth-order valence-electron chi connectivity index (χ4n) is 9.13. The molecule has 2 aromatic heterocycles. The van der Waals surface area contributed by atoms with Gasteiger partial charge in [0.25, 0.3) is 0 Å². The second kappa shape index (κ2) is 14.8. The lowest BCUT2D eigenvalue weighted by Crippen LogP contribution is -2.10. The van der Waals surface area contributed by atoms with Crippen LogP contribution in [0.25, 0.3) is 95.6 Å². The van der Waals surface area contributed by atoms with Gasteiger partial charge in [0.15, 0.2) is 0 Å². The predicted molar refractivity (Wildman–Crippen MR) is 266 cm³/mol. The van der Waals surface area contributed by atoms with E-state index in [1.807, 2.05) is 22.7 Å². The van der Waals surface area contributed by atoms with Gasteiger partial charge < -0.3 is 4.90 Å². The molecule has 2 heterocycles. The lowest BCUT2D eigenvalue weighted by molar-refractivity contribution is 1.28. The highest BCUT2D eigenvalue weighted by Crippen LogP contribution is 2.47. The summed E-state index contributed by atoms with van der Waals surface area (Å²) in [5.41, 5.74) is 13.0. The fraction of sp³-hybridized carbons (Fsp3) is 0. The van der Waals surface area contributed by atoms with E-state index in [9.17, 15) is 0 Å². The Kier molecular flexibility index (Phi) is 8.62. The molecule has 0 radical (unpaired) electrons. The zero-order valence-corrected chi connectivity index (χ0v) is 34.8. The lowest BCUT2D eigenvalue weighted by atomic mass is 9.92. The SMILES string of the molecule is c1ccc(-c2ccc(N(c3cccc(-c4cccc5c4sc4ccccc45)c3)c3ccc(-c4cccc5c4sc4cc6ccccc6cc45)c(-c4ccccc4)c3)cc2)cc1. The molecule has 61 heavy (non-hydrogen) atoms. The number of fused-ring (bicyclic) bond motifs is 7. The molecule has 3 heteroatoms. The molecule has 0 amide bonds. The predicted octanol–water partition coefficient (Wildman–Crippen LogP) is 17.7. The molecule has 286 valence electrons. The molecule has 0 aliphatic rings. The minimum Gasteiger partial charge on any atom is -0.310 e. The molecular weight excluding hydrogens is 775 g/mol. The van der Waals surface area contributed by atoms with Crippen LogP contribution < -0.4 is 4.90 Å². The third-order valence-corrected chi connectivity index (χ3v) is 14.5. The van der Waals surface area contributed by atoms with Crippen molar-refractivity contribution in [3.05, 3.63) is 224 Å². The number of nitrogens with zero attached hydrogens (tertiary/aromatic N) is 1. The molecule has 0 saturated carbocycles. The van der Waals surface area contributed by atoms with Crippen LogP contribution in [0.15, 0.2) is 224 Å². The van der Waals surface area contributed by atoms with Crippen molar-refractivity contribution in [3.8, 4) is 44.5 Å². The fourth-order valence-corrected chi connectivity index (χ4v) is 11.6. The highest BCUT2D eigenvalue weighted by atomic mass is 32.1. The standard InChI is InChI=1S/C58H37NS2/c1-3-14-38(15-4-1)39-28-30-44(31-29-39)59(45-21-11-20-43(34-45)47-23-12-25-51-49-22-9-10-27-55(49)60-57(47)51)46-32-33-48(53(37-46)40-16-5-2-6-17-40)50-24-13-26-52-54-35-41-18-7-8-19-42(41)36-56(54)61-58(50)52/h1-37H. The monoisotopic (exact) mass is 811 g/mol. The second-order valence-corrected chi connectivity index (χ2v) is 17.8. The van der Waals surface area contributed by atoms with E-state index < -0.39 is 0 Å². The molecule has 1 nitrogen and oxygen atoms in total. The third kappa shape index (κ3) is 6.21. The maximum atomic E-state index is 2.42. The van der Waals surface area contributed by atoms with Crippen LogP contribution in [0, 0.1) is 0 Å². The summed E-state index contributed by atoms with van der Waals surface area (Å²) >= 11 is 3.78. The van der Waals surface area contributed by atoms with E-state index in [-0.39, 0.29) is 0 Å². The largest absolute Gasteiger partial charge is 0.310 e. The van der Waals surface area contributed by atoms with Crippen molar-refractivity contribution >= 4 is 90.9 Å². The normalized spacial score (nSPS) is 11.6. The first-order valence-electron chi connectivity index (χ1n) is 20.7. The summed E-state index contributed by atoms with van der Waals surface area (Å²) in [5, 5.41) is 7.79. The minimum absolute atomic E-state index is 1.10. The first-order chi connectivity index (χ1) is 30.2. The van der Waals surface area contributed by atoms with Gasteiger partial charge in [0.2, 0.25) is 0 Å². The zero-order chi connectivity index (χ0) is 40.3. The van der Waals surface area contributed by atoms with Gasteiger partial charge in [0.05, 0.1) is 0 Å². The molecule has 0 saturated heterocycles. The van der Waals surface area contributed by atoms with Crippen LogP contribution in [0.5, 0.6) is 0 Å². The van der Waals surface area contributed by atoms with Crippen molar-refractivity contribution < 1.29 is 0 Å². The molecule has 12 rings (SSSR count). The van der Waals surface area contributed by atoms with E-state index in [0.717, 1.165) is 17.1 Å². The first kappa shape index (κ1) is 35.6. The molecule has 0 spiro atoms. The Labute approximate surface area is 362 Å². The highest BCUT2D eigenvalue weighted by molar-refractivity contribution is 7.26. The summed E-state index contributed by atoms with van der Waals surface area (Å²) < 4.78 is 5.26. The van der Waals surface area contributed by atoms with E-state index in [2.05, 4.69) is 229 Å². The van der Waals surface area contributed by atoms with Gasteiger partial charge in [-0.1, -0.05) is 170 Å². The molecule has 0 atom stereocenters. The Balaban J connectivity index is 1.05. The smallest absolute Gasteiger partial charge is 0.0468 e. The van der Waals surface area contributed by atoms with Gasteiger partial charge in [-0.3, -0.25) is 0 Å². The maximum absolute atomic E-state index is 2.42. The second-order valence-electron chi connectivity index (χ2n) is 15.7. The maximum Gasteiger partial charge on any atom is 0.0468 e. The summed E-state index contributed by atoms with van der Waals surface area (Å²) in [7, 11) is 0. The highest BCUT2D eigenvalue weighted by Gasteiger charge is 2.20. The van der Waals surface area contributed by atoms with Crippen LogP contribution in [0.1, 0.15) is 0 Å². The molecule has 0 N–H and O–H groups in total. The third-order valence-electron chi connectivity index (χ3n) is 12.1. The number of benzene rings is 10. The number of thiophene rings is 2. The van der Waals surface area contributed by atoms with E-state index in [1.165, 1.54) is 95.6 Å². The van der Waals surface area contributed by atoms with Gasteiger partial charge in [0.1, 0.15) is 0 Å². The summed E-state index contributed by atoms with van der Waals surface area (Å²) in [6, 6.07) is 82.4. The summed E-state index contributed by atoms with van der Waals surface area (Å²) in [5.74, 6) is 0. The Morgan fingerprint density at radius 1 is 0.262 bits per heavy atom. The Morgan fingerprint density at radius 2 is 0.820 bits per heavy atom. The Bertz CT molecular complexity index is 3580. The van der Waals surface area contributed by atoms with Crippen molar-refractivity contribution in [2.24, 2.45) is 0 Å². The van der Waals surface area contributed by atoms with E-state index in [4.69, 9.17) is 0 Å². The minimum atomic E-state index is 1.10. The van der Waals surface area contributed by atoms with Gasteiger partial charge in [-0.2, -0.15) is 0 Å². The molecule has 0 unspecified atom stereocenters. The lowest BCUT2D eigenvalue weighted by Gasteiger charge is -2.27. The molecule has 10 aromatic carbocycles. The van der Waals surface area contributed by atoms with Crippen molar-refractivity contribution in [1.82, 2.24) is 0 Å². The van der Waals surface area contributed by atoms with Crippen LogP contribution in [0.3, 0.4) is 0 Å². The average molecular weight is 812 g/mol. The zero-order valence-electron chi connectivity index (χ0n) is 33.1. The summed E-state index contributed by atoms with van der Waals surface area (Å²) in [6.45, 7) is 0. The molecule has 0 fully saturated rings. The molecule has 12 aromatic rings. The van der Waals surface area contributed by atoms with E-state index in [1.54, 1.807) is 0 Å². The molecule has 0 aliphatic heterocycles. The quantitative estimate of drug-likeness (QED) is 0.155. The van der Waals surface area contributed by atoms with Gasteiger partial charge in [-0.05, 0) is 104 Å². The molecule has 0 aliphatic carbocycles. The van der Waals surface area contributed by atoms with Crippen LogP contribution in [0.4, 0.5) is 17.1 Å². The van der Waals surface area contributed by atoms with Crippen molar-refractivity contribution in [2.45, 2.75) is 0 Å². The van der Waals surface area contributed by atoms with Crippen molar-refractivity contribution in [2.75, 3.05) is 4.90 Å². The van der Waals surface area contributed by atoms with Crippen LogP contribution in [-0.2, 0) is 0 Å². The van der Waals surface area contributed by atoms with Crippen LogP contribution >= 0.6 is 22.7 Å². The van der Waals surface area contributed by atoms with Gasteiger partial charge in [-0.25, -0.2) is 0 Å². The Hall–Kier alpha value is -7.30. The van der Waals surface area contributed by atoms with Gasteiger partial charge in [0, 0.05) is 63.0 Å². The van der Waals surface area contributed by atoms with Crippen LogP contribution in [-0.4, -0.2) is 0 Å². The summed E-state index contributed by atoms with van der Waals surface area (Å²) in [4.78, 5) is 2.42. The van der Waals surface area contributed by atoms with E-state index in [0.29, 0.717) is 0 Å². The van der Waals surface area contributed by atoms with Crippen molar-refractivity contribution in [1.29, 1.82) is 0 Å². The molecular formula is C58H37NS2.